The molecule has 20 heavy (non-hydrogen) atoms. The van der Waals surface area contributed by atoms with Gasteiger partial charge in [0.25, 0.3) is 0 Å². The summed E-state index contributed by atoms with van der Waals surface area (Å²) >= 11 is 5.99. The van der Waals surface area contributed by atoms with Gasteiger partial charge in [0.15, 0.2) is 0 Å². The molecule has 7 heteroatoms. The molecule has 1 atom stereocenters. The van der Waals surface area contributed by atoms with Crippen molar-refractivity contribution >= 4 is 23.5 Å². The average Bonchev–Trinajstić information content (AvgIpc) is 3.00. The smallest absolute Gasteiger partial charge is 0.231 e. The Labute approximate surface area is 123 Å². The van der Waals surface area contributed by atoms with Crippen molar-refractivity contribution in [3.05, 3.63) is 5.28 Å². The molecule has 1 unspecified atom stereocenters. The van der Waals surface area contributed by atoms with E-state index in [0.717, 1.165) is 39.1 Å². The van der Waals surface area contributed by atoms with Crippen molar-refractivity contribution in [1.82, 2.24) is 15.0 Å². The third kappa shape index (κ3) is 3.49. The molecule has 1 N–H and O–H groups in total. The van der Waals surface area contributed by atoms with Crippen molar-refractivity contribution in [2.45, 2.75) is 38.2 Å². The minimum Gasteiger partial charge on any atom is -0.376 e. The topological polar surface area (TPSA) is 63.2 Å². The van der Waals surface area contributed by atoms with Gasteiger partial charge < -0.3 is 15.0 Å². The van der Waals surface area contributed by atoms with Crippen LogP contribution in [0.5, 0.6) is 0 Å². The monoisotopic (exact) mass is 297 g/mol. The van der Waals surface area contributed by atoms with E-state index in [1.54, 1.807) is 0 Å². The molecular weight excluding hydrogens is 278 g/mol. The van der Waals surface area contributed by atoms with Crippen LogP contribution in [0.25, 0.3) is 0 Å². The highest BCUT2D eigenvalue weighted by molar-refractivity contribution is 6.28. The Hall–Kier alpha value is -1.14. The molecule has 0 saturated carbocycles. The van der Waals surface area contributed by atoms with E-state index in [0.29, 0.717) is 11.9 Å². The number of nitrogens with zero attached hydrogens (tertiary/aromatic N) is 4. The van der Waals surface area contributed by atoms with Crippen molar-refractivity contribution in [3.63, 3.8) is 0 Å². The van der Waals surface area contributed by atoms with Gasteiger partial charge in [0.1, 0.15) is 0 Å². The van der Waals surface area contributed by atoms with Crippen molar-refractivity contribution in [2.24, 2.45) is 0 Å². The Morgan fingerprint density at radius 3 is 2.75 bits per heavy atom. The molecule has 3 heterocycles. The third-order valence-electron chi connectivity index (χ3n) is 3.75. The van der Waals surface area contributed by atoms with Crippen LogP contribution in [0.2, 0.25) is 5.28 Å². The van der Waals surface area contributed by atoms with Crippen LogP contribution < -0.4 is 10.2 Å². The Morgan fingerprint density at radius 2 is 2.00 bits per heavy atom. The molecule has 2 fully saturated rings. The number of rotatable bonds is 4. The second-order valence-corrected chi connectivity index (χ2v) is 5.63. The minimum atomic E-state index is 0.244. The molecule has 2 saturated heterocycles. The summed E-state index contributed by atoms with van der Waals surface area (Å²) in [6.45, 7) is 3.56. The first-order chi connectivity index (χ1) is 9.81. The molecule has 0 aliphatic carbocycles. The standard InChI is InChI=1S/C13H20ClN5O/c14-11-16-12(15-9-10-5-1-4-8-20-10)18-13(17-11)19-6-2-3-7-19/h10H,1-9H2,(H,15,16,17,18). The Kier molecular flexibility index (Phi) is 4.52. The summed E-state index contributed by atoms with van der Waals surface area (Å²) in [4.78, 5) is 14.9. The quantitative estimate of drug-likeness (QED) is 0.918. The molecule has 0 spiro atoms. The van der Waals surface area contributed by atoms with Crippen molar-refractivity contribution in [2.75, 3.05) is 36.5 Å². The molecule has 0 aromatic carbocycles. The van der Waals surface area contributed by atoms with E-state index in [1.807, 2.05) is 0 Å². The first kappa shape index (κ1) is 13.8. The van der Waals surface area contributed by atoms with E-state index in [9.17, 15) is 0 Å². The van der Waals surface area contributed by atoms with E-state index >= 15 is 0 Å². The predicted octanol–water partition coefficient (Wildman–Crippen LogP) is 2.11. The zero-order chi connectivity index (χ0) is 13.8. The zero-order valence-electron chi connectivity index (χ0n) is 11.5. The predicted molar refractivity (Wildman–Crippen MR) is 78.4 cm³/mol. The van der Waals surface area contributed by atoms with Gasteiger partial charge in [-0.15, -0.1) is 0 Å². The fraction of sp³-hybridized carbons (Fsp3) is 0.769. The van der Waals surface area contributed by atoms with Crippen LogP contribution in [-0.4, -0.2) is 47.3 Å². The van der Waals surface area contributed by atoms with Crippen LogP contribution in [-0.2, 0) is 4.74 Å². The van der Waals surface area contributed by atoms with Gasteiger partial charge in [-0.25, -0.2) is 0 Å². The minimum absolute atomic E-state index is 0.244. The summed E-state index contributed by atoms with van der Waals surface area (Å²) in [5.41, 5.74) is 0. The van der Waals surface area contributed by atoms with Gasteiger partial charge in [-0.2, -0.15) is 15.0 Å². The Bertz CT molecular complexity index is 446. The van der Waals surface area contributed by atoms with Gasteiger partial charge in [0.2, 0.25) is 17.2 Å². The molecule has 0 amide bonds. The van der Waals surface area contributed by atoms with Crippen LogP contribution in [0.1, 0.15) is 32.1 Å². The van der Waals surface area contributed by atoms with E-state index in [1.165, 1.54) is 19.3 Å². The van der Waals surface area contributed by atoms with Crippen molar-refractivity contribution in [1.29, 1.82) is 0 Å². The number of anilines is 2. The van der Waals surface area contributed by atoms with Gasteiger partial charge in [-0.3, -0.25) is 0 Å². The SMILES string of the molecule is Clc1nc(NCC2CCCCO2)nc(N2CCCC2)n1. The Morgan fingerprint density at radius 1 is 1.15 bits per heavy atom. The van der Waals surface area contributed by atoms with E-state index in [4.69, 9.17) is 16.3 Å². The Balaban J connectivity index is 1.63. The molecule has 0 bridgehead atoms. The molecule has 110 valence electrons. The van der Waals surface area contributed by atoms with Gasteiger partial charge in [0, 0.05) is 26.2 Å². The maximum Gasteiger partial charge on any atom is 0.231 e. The fourth-order valence-corrected chi connectivity index (χ4v) is 2.81. The van der Waals surface area contributed by atoms with Crippen LogP contribution >= 0.6 is 11.6 Å². The lowest BCUT2D eigenvalue weighted by Gasteiger charge is -2.23. The maximum atomic E-state index is 5.99. The second kappa shape index (κ2) is 6.54. The molecule has 3 rings (SSSR count). The number of halogens is 1. The molecule has 1 aromatic rings. The number of hydrogen-bond acceptors (Lipinski definition) is 6. The van der Waals surface area contributed by atoms with Crippen LogP contribution in [0.15, 0.2) is 0 Å². The number of ether oxygens (including phenoxy) is 1. The molecule has 1 aromatic heterocycles. The zero-order valence-corrected chi connectivity index (χ0v) is 12.3. The van der Waals surface area contributed by atoms with Crippen molar-refractivity contribution in [3.8, 4) is 0 Å². The van der Waals surface area contributed by atoms with Gasteiger partial charge >= 0.3 is 0 Å². The summed E-state index contributed by atoms with van der Waals surface area (Å²) in [6, 6.07) is 0. The van der Waals surface area contributed by atoms with Crippen LogP contribution in [0.4, 0.5) is 11.9 Å². The van der Waals surface area contributed by atoms with E-state index in [-0.39, 0.29) is 11.4 Å². The highest BCUT2D eigenvalue weighted by Gasteiger charge is 2.18. The number of nitrogens with one attached hydrogen (secondary N) is 1. The first-order valence-corrected chi connectivity index (χ1v) is 7.71. The summed E-state index contributed by atoms with van der Waals surface area (Å²) < 4.78 is 5.68. The highest BCUT2D eigenvalue weighted by atomic mass is 35.5. The summed E-state index contributed by atoms with van der Waals surface area (Å²) in [7, 11) is 0. The van der Waals surface area contributed by atoms with Crippen molar-refractivity contribution < 1.29 is 4.74 Å². The number of aromatic nitrogens is 3. The lowest BCUT2D eigenvalue weighted by atomic mass is 10.1. The summed E-state index contributed by atoms with van der Waals surface area (Å²) in [5, 5.41) is 3.47. The van der Waals surface area contributed by atoms with Gasteiger partial charge in [0.05, 0.1) is 6.10 Å². The molecule has 2 aliphatic heterocycles. The lowest BCUT2D eigenvalue weighted by Crippen LogP contribution is -2.28. The lowest BCUT2D eigenvalue weighted by molar-refractivity contribution is 0.0246. The molecule has 0 radical (unpaired) electrons. The molecular formula is C13H20ClN5O. The van der Waals surface area contributed by atoms with Crippen LogP contribution in [0.3, 0.4) is 0 Å². The highest BCUT2D eigenvalue weighted by Crippen LogP contribution is 2.19. The largest absolute Gasteiger partial charge is 0.376 e. The van der Waals surface area contributed by atoms with Crippen LogP contribution in [0, 0.1) is 0 Å². The molecule has 2 aliphatic rings. The summed E-state index contributed by atoms with van der Waals surface area (Å²) in [5.74, 6) is 1.22. The van der Waals surface area contributed by atoms with E-state index < -0.39 is 0 Å². The summed E-state index contributed by atoms with van der Waals surface area (Å²) in [6.07, 6.45) is 6.08. The average molecular weight is 298 g/mol. The second-order valence-electron chi connectivity index (χ2n) is 5.29. The number of hydrogen-bond donors (Lipinski definition) is 1. The van der Waals surface area contributed by atoms with Gasteiger partial charge in [-0.05, 0) is 43.7 Å². The maximum absolute atomic E-state index is 5.99. The third-order valence-corrected chi connectivity index (χ3v) is 3.92. The van der Waals surface area contributed by atoms with Gasteiger partial charge in [-0.1, -0.05) is 0 Å². The normalized spacial score (nSPS) is 23.1. The first-order valence-electron chi connectivity index (χ1n) is 7.33. The van der Waals surface area contributed by atoms with E-state index in [2.05, 4.69) is 25.2 Å². The fourth-order valence-electron chi connectivity index (χ4n) is 2.65. The molecule has 6 nitrogen and oxygen atoms in total.